The number of rotatable bonds is 5. The van der Waals surface area contributed by atoms with E-state index in [0.717, 1.165) is 0 Å². The molecule has 1 unspecified atom stereocenters. The van der Waals surface area contributed by atoms with E-state index in [0.29, 0.717) is 24.3 Å². The van der Waals surface area contributed by atoms with Gasteiger partial charge in [0, 0.05) is 11.4 Å². The van der Waals surface area contributed by atoms with E-state index >= 15 is 0 Å². The molecule has 0 bridgehead atoms. The highest BCUT2D eigenvalue weighted by Crippen LogP contribution is 2.13. The van der Waals surface area contributed by atoms with Crippen molar-refractivity contribution in [3.8, 4) is 0 Å². The SMILES string of the molecule is CCC(O)CCNC(=O)c1cc(S)ccc1F. The zero-order chi connectivity index (χ0) is 12.8. The fourth-order valence-electron chi connectivity index (χ4n) is 1.34. The molecule has 0 aromatic heterocycles. The fraction of sp³-hybridized carbons (Fsp3) is 0.417. The standard InChI is InChI=1S/C12H16FNO2S/c1-2-8(15)5-6-14-12(16)10-7-9(17)3-4-11(10)13/h3-4,7-8,15,17H,2,5-6H2,1H3,(H,14,16). The number of carbonyl (C=O) groups is 1. The number of benzene rings is 1. The van der Waals surface area contributed by atoms with E-state index in [-0.39, 0.29) is 5.56 Å². The number of carbonyl (C=O) groups excluding carboxylic acids is 1. The van der Waals surface area contributed by atoms with Crippen LogP contribution in [0.25, 0.3) is 0 Å². The van der Waals surface area contributed by atoms with Gasteiger partial charge in [0.2, 0.25) is 0 Å². The zero-order valence-electron chi connectivity index (χ0n) is 9.61. The van der Waals surface area contributed by atoms with E-state index in [2.05, 4.69) is 17.9 Å². The molecule has 0 radical (unpaired) electrons. The van der Waals surface area contributed by atoms with Crippen LogP contribution in [-0.2, 0) is 0 Å². The zero-order valence-corrected chi connectivity index (χ0v) is 10.5. The van der Waals surface area contributed by atoms with Crippen LogP contribution in [-0.4, -0.2) is 23.7 Å². The molecule has 2 N–H and O–H groups in total. The van der Waals surface area contributed by atoms with Crippen LogP contribution in [0.3, 0.4) is 0 Å². The Kier molecular flexibility index (Phi) is 5.44. The van der Waals surface area contributed by atoms with E-state index in [4.69, 9.17) is 0 Å². The van der Waals surface area contributed by atoms with E-state index in [9.17, 15) is 14.3 Å². The van der Waals surface area contributed by atoms with Crippen molar-refractivity contribution in [2.45, 2.75) is 30.8 Å². The quantitative estimate of drug-likeness (QED) is 0.707. The van der Waals surface area contributed by atoms with Crippen LogP contribution < -0.4 is 5.32 Å². The van der Waals surface area contributed by atoms with Crippen LogP contribution in [0.1, 0.15) is 30.1 Å². The van der Waals surface area contributed by atoms with Gasteiger partial charge in [-0.3, -0.25) is 4.79 Å². The van der Waals surface area contributed by atoms with Gasteiger partial charge in [-0.2, -0.15) is 0 Å². The van der Waals surface area contributed by atoms with Gasteiger partial charge in [-0.1, -0.05) is 6.92 Å². The molecule has 0 saturated heterocycles. The van der Waals surface area contributed by atoms with Crippen molar-refractivity contribution < 1.29 is 14.3 Å². The molecule has 0 saturated carbocycles. The second kappa shape index (κ2) is 6.61. The molecule has 0 aliphatic heterocycles. The molecule has 1 atom stereocenters. The predicted molar refractivity (Wildman–Crippen MR) is 66.9 cm³/mol. The molecule has 1 rings (SSSR count). The van der Waals surface area contributed by atoms with E-state index in [1.807, 2.05) is 6.92 Å². The minimum atomic E-state index is -0.573. The smallest absolute Gasteiger partial charge is 0.254 e. The minimum Gasteiger partial charge on any atom is -0.393 e. The van der Waals surface area contributed by atoms with Gasteiger partial charge >= 0.3 is 0 Å². The highest BCUT2D eigenvalue weighted by atomic mass is 32.1. The second-order valence-corrected chi connectivity index (χ2v) is 4.29. The Morgan fingerprint density at radius 2 is 2.29 bits per heavy atom. The number of thiol groups is 1. The normalized spacial score (nSPS) is 12.2. The van der Waals surface area contributed by atoms with E-state index < -0.39 is 17.8 Å². The number of nitrogens with one attached hydrogen (secondary N) is 1. The number of halogens is 1. The van der Waals surface area contributed by atoms with Gasteiger partial charge in [0.25, 0.3) is 5.91 Å². The first-order valence-corrected chi connectivity index (χ1v) is 5.94. The lowest BCUT2D eigenvalue weighted by atomic mass is 10.2. The minimum absolute atomic E-state index is 0.0245. The first-order valence-electron chi connectivity index (χ1n) is 5.49. The predicted octanol–water partition coefficient (Wildman–Crippen LogP) is 2.01. The van der Waals surface area contributed by atoms with Gasteiger partial charge in [0.15, 0.2) is 0 Å². The fourth-order valence-corrected chi connectivity index (χ4v) is 1.54. The Labute approximate surface area is 105 Å². The largest absolute Gasteiger partial charge is 0.393 e. The Bertz CT molecular complexity index is 398. The summed E-state index contributed by atoms with van der Waals surface area (Å²) in [5, 5.41) is 11.9. The molecule has 94 valence electrons. The van der Waals surface area contributed by atoms with Crippen LogP contribution in [0.5, 0.6) is 0 Å². The Morgan fingerprint density at radius 3 is 2.94 bits per heavy atom. The molecule has 5 heteroatoms. The first-order chi connectivity index (χ1) is 8.04. The lowest BCUT2D eigenvalue weighted by Crippen LogP contribution is -2.27. The van der Waals surface area contributed by atoms with Crippen molar-refractivity contribution in [3.05, 3.63) is 29.6 Å². The number of amides is 1. The topological polar surface area (TPSA) is 49.3 Å². The Morgan fingerprint density at radius 1 is 1.59 bits per heavy atom. The molecule has 17 heavy (non-hydrogen) atoms. The Hall–Kier alpha value is -1.07. The van der Waals surface area contributed by atoms with Crippen molar-refractivity contribution >= 4 is 18.5 Å². The summed E-state index contributed by atoms with van der Waals surface area (Å²) in [6, 6.07) is 4.07. The van der Waals surface area contributed by atoms with Gasteiger partial charge in [-0.05, 0) is 31.0 Å². The number of hydrogen-bond acceptors (Lipinski definition) is 3. The molecule has 1 aromatic rings. The second-order valence-electron chi connectivity index (χ2n) is 3.77. The van der Waals surface area contributed by atoms with Crippen molar-refractivity contribution in [1.82, 2.24) is 5.32 Å². The molecule has 0 heterocycles. The van der Waals surface area contributed by atoms with Crippen LogP contribution in [0, 0.1) is 5.82 Å². The molecule has 0 fully saturated rings. The summed E-state index contributed by atoms with van der Waals surface area (Å²) < 4.78 is 13.3. The van der Waals surface area contributed by atoms with Crippen LogP contribution in [0.4, 0.5) is 4.39 Å². The monoisotopic (exact) mass is 257 g/mol. The maximum atomic E-state index is 13.3. The molecule has 0 spiro atoms. The number of aliphatic hydroxyl groups excluding tert-OH is 1. The lowest BCUT2D eigenvalue weighted by Gasteiger charge is -2.09. The van der Waals surface area contributed by atoms with Gasteiger partial charge < -0.3 is 10.4 Å². The van der Waals surface area contributed by atoms with Crippen LogP contribution in [0.2, 0.25) is 0 Å². The van der Waals surface area contributed by atoms with E-state index in [1.54, 1.807) is 0 Å². The Balaban J connectivity index is 2.55. The number of hydrogen-bond donors (Lipinski definition) is 3. The summed E-state index contributed by atoms with van der Waals surface area (Å²) in [6.07, 6.45) is 0.664. The summed E-state index contributed by atoms with van der Waals surface area (Å²) in [4.78, 5) is 12.2. The van der Waals surface area contributed by atoms with Crippen LogP contribution in [0.15, 0.2) is 23.1 Å². The lowest BCUT2D eigenvalue weighted by molar-refractivity contribution is 0.0937. The van der Waals surface area contributed by atoms with Crippen LogP contribution >= 0.6 is 12.6 Å². The maximum Gasteiger partial charge on any atom is 0.254 e. The molecule has 1 amide bonds. The molecular weight excluding hydrogens is 241 g/mol. The molecule has 3 nitrogen and oxygen atoms in total. The van der Waals surface area contributed by atoms with Crippen molar-refractivity contribution in [1.29, 1.82) is 0 Å². The molecule has 1 aromatic carbocycles. The number of aliphatic hydroxyl groups is 1. The molecule has 0 aliphatic rings. The van der Waals surface area contributed by atoms with Gasteiger partial charge in [0.1, 0.15) is 5.82 Å². The third-order valence-electron chi connectivity index (χ3n) is 2.43. The summed E-state index contributed by atoms with van der Waals surface area (Å²) in [5.41, 5.74) is -0.0245. The van der Waals surface area contributed by atoms with Crippen molar-refractivity contribution in [2.75, 3.05) is 6.54 Å². The molecule has 0 aliphatic carbocycles. The summed E-state index contributed by atoms with van der Waals surface area (Å²) >= 11 is 4.05. The highest BCUT2D eigenvalue weighted by molar-refractivity contribution is 7.80. The summed E-state index contributed by atoms with van der Waals surface area (Å²) in [6.45, 7) is 2.18. The summed E-state index contributed by atoms with van der Waals surface area (Å²) in [5.74, 6) is -1.06. The first kappa shape index (κ1) is 14.0. The van der Waals surface area contributed by atoms with Crippen molar-refractivity contribution in [2.24, 2.45) is 0 Å². The highest BCUT2D eigenvalue weighted by Gasteiger charge is 2.11. The van der Waals surface area contributed by atoms with E-state index in [1.165, 1.54) is 18.2 Å². The van der Waals surface area contributed by atoms with Gasteiger partial charge in [-0.25, -0.2) is 4.39 Å². The van der Waals surface area contributed by atoms with Gasteiger partial charge in [0.05, 0.1) is 11.7 Å². The molecular formula is C12H16FNO2S. The third kappa shape index (κ3) is 4.36. The average Bonchev–Trinajstić information content (AvgIpc) is 2.31. The van der Waals surface area contributed by atoms with Crippen molar-refractivity contribution in [3.63, 3.8) is 0 Å². The summed E-state index contributed by atoms with van der Waals surface area (Å²) in [7, 11) is 0. The van der Waals surface area contributed by atoms with Gasteiger partial charge in [-0.15, -0.1) is 12.6 Å². The third-order valence-corrected chi connectivity index (χ3v) is 2.71. The average molecular weight is 257 g/mol. The maximum absolute atomic E-state index is 13.3.